The molecule has 9 nitrogen and oxygen atoms in total. The molecule has 9 heteroatoms. The van der Waals surface area contributed by atoms with E-state index < -0.39 is 29.0 Å². The highest BCUT2D eigenvalue weighted by Crippen LogP contribution is 2.31. The Bertz CT molecular complexity index is 1080. The third-order valence-electron chi connectivity index (χ3n) is 4.69. The minimum atomic E-state index is -2.14. The molecule has 0 spiro atoms. The molecule has 1 amide bonds. The van der Waals surface area contributed by atoms with Crippen LogP contribution in [0.4, 0.5) is 11.4 Å². The lowest BCUT2D eigenvalue weighted by molar-refractivity contribution is -0.384. The topological polar surface area (TPSA) is 128 Å². The summed E-state index contributed by atoms with van der Waals surface area (Å²) >= 11 is 0. The van der Waals surface area contributed by atoms with Gasteiger partial charge in [-0.25, -0.2) is 4.79 Å². The van der Waals surface area contributed by atoms with Gasteiger partial charge < -0.3 is 19.9 Å². The number of carbonyl (C=O) groups is 2. The summed E-state index contributed by atoms with van der Waals surface area (Å²) in [6.07, 6.45) is 0. The zero-order chi connectivity index (χ0) is 23.1. The van der Waals surface area contributed by atoms with Crippen LogP contribution in [-0.4, -0.2) is 35.6 Å². The van der Waals surface area contributed by atoms with E-state index in [4.69, 9.17) is 9.47 Å². The van der Waals surface area contributed by atoms with Crippen LogP contribution in [0.25, 0.3) is 0 Å². The SMILES string of the molecule is COc1ccc(NC(=O)COC(=O)C(O)(c2ccccc2)c2ccccc2)c([N+](=O)[O-])c1. The number of carbonyl (C=O) groups excluding carboxylic acids is 2. The smallest absolute Gasteiger partial charge is 0.348 e. The number of hydrogen-bond acceptors (Lipinski definition) is 7. The predicted octanol–water partition coefficient (Wildman–Crippen LogP) is 3.02. The Morgan fingerprint density at radius 1 is 1.00 bits per heavy atom. The van der Waals surface area contributed by atoms with Gasteiger partial charge in [-0.3, -0.25) is 14.9 Å². The van der Waals surface area contributed by atoms with E-state index in [9.17, 15) is 24.8 Å². The number of nitro groups is 1. The van der Waals surface area contributed by atoms with E-state index in [0.29, 0.717) is 0 Å². The highest BCUT2D eigenvalue weighted by molar-refractivity contribution is 5.96. The fourth-order valence-electron chi connectivity index (χ4n) is 3.08. The summed E-state index contributed by atoms with van der Waals surface area (Å²) in [5.41, 5.74) is -2.08. The van der Waals surface area contributed by atoms with E-state index in [1.165, 1.54) is 19.2 Å². The molecule has 0 aliphatic carbocycles. The van der Waals surface area contributed by atoms with Gasteiger partial charge in [0.2, 0.25) is 5.60 Å². The third-order valence-corrected chi connectivity index (χ3v) is 4.69. The van der Waals surface area contributed by atoms with E-state index in [1.54, 1.807) is 60.7 Å². The van der Waals surface area contributed by atoms with Gasteiger partial charge in [-0.1, -0.05) is 60.7 Å². The maximum absolute atomic E-state index is 12.9. The second kappa shape index (κ2) is 9.71. The molecule has 0 bridgehead atoms. The van der Waals surface area contributed by atoms with Gasteiger partial charge in [0.15, 0.2) is 6.61 Å². The molecule has 0 aliphatic heterocycles. The number of ether oxygens (including phenoxy) is 2. The van der Waals surface area contributed by atoms with Gasteiger partial charge in [-0.15, -0.1) is 0 Å². The lowest BCUT2D eigenvalue weighted by atomic mass is 9.86. The van der Waals surface area contributed by atoms with Crippen molar-refractivity contribution in [3.63, 3.8) is 0 Å². The number of nitrogens with zero attached hydrogens (tertiary/aromatic N) is 1. The summed E-state index contributed by atoms with van der Waals surface area (Å²) in [5.74, 6) is -1.62. The van der Waals surface area contributed by atoms with Gasteiger partial charge in [0, 0.05) is 0 Å². The average Bonchev–Trinajstić information content (AvgIpc) is 2.83. The van der Waals surface area contributed by atoms with Gasteiger partial charge in [0.25, 0.3) is 11.6 Å². The Labute approximate surface area is 183 Å². The highest BCUT2D eigenvalue weighted by atomic mass is 16.6. The summed E-state index contributed by atoms with van der Waals surface area (Å²) in [6.45, 7) is -0.760. The van der Waals surface area contributed by atoms with E-state index >= 15 is 0 Å². The Hall–Kier alpha value is -4.24. The Morgan fingerprint density at radius 2 is 1.56 bits per heavy atom. The largest absolute Gasteiger partial charge is 0.496 e. The molecule has 3 rings (SSSR count). The fourth-order valence-corrected chi connectivity index (χ4v) is 3.08. The molecule has 0 heterocycles. The maximum Gasteiger partial charge on any atom is 0.348 e. The van der Waals surface area contributed by atoms with Crippen LogP contribution in [0.15, 0.2) is 78.9 Å². The second-order valence-electron chi connectivity index (χ2n) is 6.71. The van der Waals surface area contributed by atoms with Crippen molar-refractivity contribution in [2.24, 2.45) is 0 Å². The quantitative estimate of drug-likeness (QED) is 0.316. The molecule has 3 aromatic rings. The number of rotatable bonds is 8. The Balaban J connectivity index is 1.78. The van der Waals surface area contributed by atoms with E-state index in [-0.39, 0.29) is 28.3 Å². The first-order chi connectivity index (χ1) is 15.4. The van der Waals surface area contributed by atoms with Crippen LogP contribution in [0, 0.1) is 10.1 Å². The molecular weight excluding hydrogens is 416 g/mol. The van der Waals surface area contributed by atoms with Crippen molar-refractivity contribution >= 4 is 23.3 Å². The van der Waals surface area contributed by atoms with Crippen LogP contribution >= 0.6 is 0 Å². The maximum atomic E-state index is 12.9. The molecular formula is C23H20N2O7. The van der Waals surface area contributed by atoms with Gasteiger partial charge in [-0.05, 0) is 23.3 Å². The normalized spacial score (nSPS) is 10.8. The van der Waals surface area contributed by atoms with E-state index in [0.717, 1.165) is 6.07 Å². The first kappa shape index (κ1) is 22.4. The Kier molecular flexibility index (Phi) is 6.81. The number of nitro benzene ring substituents is 1. The monoisotopic (exact) mass is 436 g/mol. The molecule has 2 N–H and O–H groups in total. The third kappa shape index (κ3) is 4.73. The molecule has 3 aromatic carbocycles. The van der Waals surface area contributed by atoms with Crippen molar-refractivity contribution in [1.29, 1.82) is 0 Å². The number of methoxy groups -OCH3 is 1. The Morgan fingerprint density at radius 3 is 2.06 bits per heavy atom. The minimum Gasteiger partial charge on any atom is -0.496 e. The van der Waals surface area contributed by atoms with Crippen molar-refractivity contribution in [3.05, 3.63) is 100 Å². The zero-order valence-electron chi connectivity index (χ0n) is 17.1. The summed E-state index contributed by atoms with van der Waals surface area (Å²) in [7, 11) is 1.36. The molecule has 0 fully saturated rings. The number of hydrogen-bond donors (Lipinski definition) is 2. The van der Waals surface area contributed by atoms with Crippen LogP contribution in [0.3, 0.4) is 0 Å². The zero-order valence-corrected chi connectivity index (χ0v) is 17.1. The highest BCUT2D eigenvalue weighted by Gasteiger charge is 2.41. The molecule has 0 saturated carbocycles. The van der Waals surface area contributed by atoms with E-state index in [2.05, 4.69) is 5.32 Å². The average molecular weight is 436 g/mol. The van der Waals surface area contributed by atoms with Gasteiger partial charge in [0.1, 0.15) is 11.4 Å². The first-order valence-electron chi connectivity index (χ1n) is 9.49. The number of benzene rings is 3. The molecule has 0 saturated heterocycles. The van der Waals surface area contributed by atoms with Crippen molar-refractivity contribution in [2.75, 3.05) is 19.0 Å². The van der Waals surface area contributed by atoms with Crippen molar-refractivity contribution < 1.29 is 29.1 Å². The van der Waals surface area contributed by atoms with Crippen LogP contribution in [0.2, 0.25) is 0 Å². The van der Waals surface area contributed by atoms with Crippen molar-refractivity contribution in [1.82, 2.24) is 0 Å². The van der Waals surface area contributed by atoms with E-state index in [1.807, 2.05) is 0 Å². The molecule has 0 aliphatic rings. The second-order valence-corrected chi connectivity index (χ2v) is 6.71. The molecule has 0 unspecified atom stereocenters. The number of amides is 1. The molecule has 0 aromatic heterocycles. The predicted molar refractivity (Wildman–Crippen MR) is 115 cm³/mol. The summed E-state index contributed by atoms with van der Waals surface area (Å²) in [5, 5.41) is 24.9. The standard InChI is InChI=1S/C23H20N2O7/c1-31-18-12-13-19(20(14-18)25(29)30)24-21(26)15-32-22(27)23(28,16-8-4-2-5-9-16)17-10-6-3-7-11-17/h2-14,28H,15H2,1H3,(H,24,26). The first-order valence-corrected chi connectivity index (χ1v) is 9.49. The number of esters is 1. The molecule has 0 atom stereocenters. The molecule has 32 heavy (non-hydrogen) atoms. The number of nitrogens with one attached hydrogen (secondary N) is 1. The minimum absolute atomic E-state index is 0.0850. The number of anilines is 1. The lowest BCUT2D eigenvalue weighted by Gasteiger charge is -2.26. The van der Waals surface area contributed by atoms with Gasteiger partial charge in [0.05, 0.1) is 18.1 Å². The van der Waals surface area contributed by atoms with Crippen molar-refractivity contribution in [3.8, 4) is 5.75 Å². The summed E-state index contributed by atoms with van der Waals surface area (Å²) in [6, 6.07) is 20.3. The van der Waals surface area contributed by atoms with Crippen LogP contribution in [-0.2, 0) is 19.9 Å². The number of aliphatic hydroxyl groups is 1. The summed E-state index contributed by atoms with van der Waals surface area (Å²) in [4.78, 5) is 35.8. The van der Waals surface area contributed by atoms with Gasteiger partial charge in [-0.2, -0.15) is 0 Å². The lowest BCUT2D eigenvalue weighted by Crippen LogP contribution is -2.39. The van der Waals surface area contributed by atoms with Gasteiger partial charge >= 0.3 is 5.97 Å². The summed E-state index contributed by atoms with van der Waals surface area (Å²) < 4.78 is 10.1. The van der Waals surface area contributed by atoms with Crippen LogP contribution in [0.1, 0.15) is 11.1 Å². The molecule has 164 valence electrons. The fraction of sp³-hybridized carbons (Fsp3) is 0.130. The molecule has 0 radical (unpaired) electrons. The van der Waals surface area contributed by atoms with Crippen molar-refractivity contribution in [2.45, 2.75) is 5.60 Å². The van der Waals surface area contributed by atoms with Crippen LogP contribution < -0.4 is 10.1 Å². The van der Waals surface area contributed by atoms with Crippen LogP contribution in [0.5, 0.6) is 5.75 Å².